The molecule has 0 saturated carbocycles. The molecular weight excluding hydrogens is 304 g/mol. The molecule has 0 spiro atoms. The molecular formula is C23H32N2. The molecule has 0 saturated heterocycles. The Bertz CT molecular complexity index is 733. The maximum absolute atomic E-state index is 3.37. The molecule has 0 aliphatic carbocycles. The number of hydrogen-bond acceptors (Lipinski definition) is 2. The minimum absolute atomic E-state index is 0.562. The van der Waals surface area contributed by atoms with Gasteiger partial charge < -0.3 is 5.32 Å². The van der Waals surface area contributed by atoms with Crippen molar-refractivity contribution < 1.29 is 0 Å². The lowest BCUT2D eigenvalue weighted by Gasteiger charge is -2.29. The molecule has 1 aliphatic rings. The van der Waals surface area contributed by atoms with E-state index in [1.54, 1.807) is 0 Å². The fourth-order valence-corrected chi connectivity index (χ4v) is 3.81. The Hall–Kier alpha value is -1.80. The Morgan fingerprint density at radius 2 is 1.84 bits per heavy atom. The van der Waals surface area contributed by atoms with Gasteiger partial charge in [-0.2, -0.15) is 0 Å². The van der Waals surface area contributed by atoms with Crippen LogP contribution in [-0.2, 0) is 19.5 Å². The van der Waals surface area contributed by atoms with Gasteiger partial charge in [-0.1, -0.05) is 56.7 Å². The predicted octanol–water partition coefficient (Wildman–Crippen LogP) is 5.35. The maximum atomic E-state index is 3.37. The van der Waals surface area contributed by atoms with Crippen LogP contribution in [0.3, 0.4) is 0 Å². The van der Waals surface area contributed by atoms with Crippen LogP contribution in [0.25, 0.3) is 0 Å². The molecule has 1 unspecified atom stereocenters. The van der Waals surface area contributed by atoms with Gasteiger partial charge in [0.15, 0.2) is 0 Å². The van der Waals surface area contributed by atoms with Gasteiger partial charge in [-0.25, -0.2) is 0 Å². The normalized spacial score (nSPS) is 15.9. The Morgan fingerprint density at radius 3 is 2.56 bits per heavy atom. The first-order valence-corrected chi connectivity index (χ1v) is 9.59. The molecule has 134 valence electrons. The van der Waals surface area contributed by atoms with Crippen molar-refractivity contribution in [2.75, 3.05) is 18.9 Å². The maximum Gasteiger partial charge on any atom is 0.0373 e. The summed E-state index contributed by atoms with van der Waals surface area (Å²) in [7, 11) is 2.02. The fourth-order valence-electron chi connectivity index (χ4n) is 3.81. The van der Waals surface area contributed by atoms with Gasteiger partial charge in [-0.3, -0.25) is 4.90 Å². The van der Waals surface area contributed by atoms with E-state index in [-0.39, 0.29) is 0 Å². The van der Waals surface area contributed by atoms with Gasteiger partial charge in [0.1, 0.15) is 0 Å². The smallest absolute Gasteiger partial charge is 0.0373 e. The monoisotopic (exact) mass is 336 g/mol. The van der Waals surface area contributed by atoms with Crippen LogP contribution >= 0.6 is 0 Å². The van der Waals surface area contributed by atoms with Gasteiger partial charge >= 0.3 is 0 Å². The molecule has 1 atom stereocenters. The van der Waals surface area contributed by atoms with Crippen molar-refractivity contribution in [2.45, 2.75) is 53.1 Å². The van der Waals surface area contributed by atoms with Crippen LogP contribution in [0, 0.1) is 12.8 Å². The van der Waals surface area contributed by atoms with E-state index in [9.17, 15) is 0 Å². The minimum atomic E-state index is 0.562. The van der Waals surface area contributed by atoms with E-state index in [1.165, 1.54) is 39.9 Å². The second-order valence-corrected chi connectivity index (χ2v) is 7.94. The molecule has 0 aromatic heterocycles. The number of anilines is 1. The molecule has 2 nitrogen and oxygen atoms in total. The van der Waals surface area contributed by atoms with E-state index >= 15 is 0 Å². The molecule has 0 bridgehead atoms. The number of fused-ring (bicyclic) bond motifs is 1. The Morgan fingerprint density at radius 1 is 1.04 bits per heavy atom. The lowest BCUT2D eigenvalue weighted by atomic mass is 9.88. The quantitative estimate of drug-likeness (QED) is 0.791. The molecule has 1 aliphatic heterocycles. The first-order valence-electron chi connectivity index (χ1n) is 9.59. The number of benzene rings is 2. The van der Waals surface area contributed by atoms with E-state index in [2.05, 4.69) is 74.3 Å². The second kappa shape index (κ2) is 7.61. The Kier molecular flexibility index (Phi) is 5.48. The first-order chi connectivity index (χ1) is 12.0. The van der Waals surface area contributed by atoms with Gasteiger partial charge in [0.2, 0.25) is 0 Å². The number of rotatable bonds is 5. The number of aryl methyl sites for hydroxylation is 1. The van der Waals surface area contributed by atoms with Crippen molar-refractivity contribution in [3.05, 3.63) is 64.2 Å². The van der Waals surface area contributed by atoms with Crippen LogP contribution in [0.5, 0.6) is 0 Å². The van der Waals surface area contributed by atoms with Crippen LogP contribution in [0.1, 0.15) is 54.5 Å². The zero-order valence-electron chi connectivity index (χ0n) is 16.4. The average molecular weight is 337 g/mol. The third kappa shape index (κ3) is 4.07. The fraction of sp³-hybridized carbons (Fsp3) is 0.478. The van der Waals surface area contributed by atoms with Crippen LogP contribution in [0.4, 0.5) is 5.69 Å². The number of nitrogens with zero attached hydrogens (tertiary/aromatic N) is 1. The highest BCUT2D eigenvalue weighted by Crippen LogP contribution is 2.31. The molecule has 0 fully saturated rings. The highest BCUT2D eigenvalue weighted by molar-refractivity contribution is 5.54. The third-order valence-corrected chi connectivity index (χ3v) is 5.74. The molecule has 0 radical (unpaired) electrons. The van der Waals surface area contributed by atoms with Crippen molar-refractivity contribution in [3.63, 3.8) is 0 Å². The van der Waals surface area contributed by atoms with Crippen molar-refractivity contribution in [1.29, 1.82) is 0 Å². The van der Waals surface area contributed by atoms with Gasteiger partial charge in [0.25, 0.3) is 0 Å². The summed E-state index contributed by atoms with van der Waals surface area (Å²) >= 11 is 0. The molecule has 1 N–H and O–H groups in total. The lowest BCUT2D eigenvalue weighted by molar-refractivity contribution is 0.245. The van der Waals surface area contributed by atoms with Gasteiger partial charge in [-0.05, 0) is 53.5 Å². The van der Waals surface area contributed by atoms with E-state index in [1.807, 2.05) is 7.05 Å². The first kappa shape index (κ1) is 18.0. The van der Waals surface area contributed by atoms with Crippen LogP contribution in [0.15, 0.2) is 36.4 Å². The predicted molar refractivity (Wildman–Crippen MR) is 108 cm³/mol. The summed E-state index contributed by atoms with van der Waals surface area (Å²) in [5, 5.41) is 3.37. The van der Waals surface area contributed by atoms with Crippen LogP contribution < -0.4 is 5.32 Å². The summed E-state index contributed by atoms with van der Waals surface area (Å²) < 4.78 is 0. The largest absolute Gasteiger partial charge is 0.388 e. The summed E-state index contributed by atoms with van der Waals surface area (Å²) in [6.07, 6.45) is 1.17. The summed E-state index contributed by atoms with van der Waals surface area (Å²) in [4.78, 5) is 2.58. The van der Waals surface area contributed by atoms with Gasteiger partial charge in [0, 0.05) is 32.4 Å². The molecule has 2 aromatic carbocycles. The van der Waals surface area contributed by atoms with Crippen molar-refractivity contribution in [2.24, 2.45) is 5.92 Å². The SMILES string of the molecule is CNc1ccc(CN2CCc3ccc(C)cc3C2)cc1C(C)C(C)C. The summed E-state index contributed by atoms with van der Waals surface area (Å²) in [6, 6.07) is 13.9. The second-order valence-electron chi connectivity index (χ2n) is 7.94. The lowest BCUT2D eigenvalue weighted by Crippen LogP contribution is -2.30. The van der Waals surface area contributed by atoms with Crippen molar-refractivity contribution in [3.8, 4) is 0 Å². The Labute approximate surface area is 153 Å². The van der Waals surface area contributed by atoms with E-state index in [0.29, 0.717) is 11.8 Å². The minimum Gasteiger partial charge on any atom is -0.388 e. The molecule has 25 heavy (non-hydrogen) atoms. The highest BCUT2D eigenvalue weighted by Gasteiger charge is 2.18. The van der Waals surface area contributed by atoms with E-state index < -0.39 is 0 Å². The van der Waals surface area contributed by atoms with Crippen LogP contribution in [-0.4, -0.2) is 18.5 Å². The average Bonchev–Trinajstić information content (AvgIpc) is 2.60. The molecule has 1 heterocycles. The number of hydrogen-bond donors (Lipinski definition) is 1. The highest BCUT2D eigenvalue weighted by atomic mass is 15.1. The van der Waals surface area contributed by atoms with Crippen molar-refractivity contribution >= 4 is 5.69 Å². The summed E-state index contributed by atoms with van der Waals surface area (Å²) in [6.45, 7) is 12.4. The molecule has 2 aromatic rings. The van der Waals surface area contributed by atoms with Gasteiger partial charge in [0.05, 0.1) is 0 Å². The number of nitrogens with one attached hydrogen (secondary N) is 1. The molecule has 3 rings (SSSR count). The van der Waals surface area contributed by atoms with E-state index in [0.717, 1.165) is 19.6 Å². The summed E-state index contributed by atoms with van der Waals surface area (Å²) in [5.74, 6) is 1.21. The van der Waals surface area contributed by atoms with Gasteiger partial charge in [-0.15, -0.1) is 0 Å². The van der Waals surface area contributed by atoms with E-state index in [4.69, 9.17) is 0 Å². The molecule has 0 amide bonds. The summed E-state index contributed by atoms with van der Waals surface area (Å²) in [5.41, 5.74) is 8.55. The van der Waals surface area contributed by atoms with Crippen molar-refractivity contribution in [1.82, 2.24) is 4.90 Å². The third-order valence-electron chi connectivity index (χ3n) is 5.74. The topological polar surface area (TPSA) is 15.3 Å². The zero-order valence-corrected chi connectivity index (χ0v) is 16.4. The Balaban J connectivity index is 1.78. The molecule has 2 heteroatoms. The van der Waals surface area contributed by atoms with Crippen LogP contribution in [0.2, 0.25) is 0 Å². The standard InChI is InChI=1S/C23H32N2/c1-16(2)18(4)22-13-19(7-9-23(22)24-5)14-25-11-10-20-8-6-17(3)12-21(20)15-25/h6-9,12-13,16,18,24H,10-11,14-15H2,1-5H3. The zero-order chi connectivity index (χ0) is 18.0.